The quantitative estimate of drug-likeness (QED) is 0.534. The van der Waals surface area contributed by atoms with Crippen LogP contribution in [0.5, 0.6) is 5.75 Å². The number of carbonyl (C=O) groups is 2. The largest absolute Gasteiger partial charge is 0.497 e. The number of hydrazone groups is 1. The molecule has 0 bridgehead atoms. The highest BCUT2D eigenvalue weighted by molar-refractivity contribution is 6.03. The predicted octanol–water partition coefficient (Wildman–Crippen LogP) is 3.13. The van der Waals surface area contributed by atoms with Crippen molar-refractivity contribution in [3.63, 3.8) is 0 Å². The highest BCUT2D eigenvalue weighted by atomic mass is 16.5. The molecule has 2 aromatic carbocycles. The molecule has 0 unspecified atom stereocenters. The Morgan fingerprint density at radius 2 is 1.84 bits per heavy atom. The van der Waals surface area contributed by atoms with Crippen LogP contribution in [0.3, 0.4) is 0 Å². The molecule has 2 aliphatic rings. The van der Waals surface area contributed by atoms with Gasteiger partial charge in [-0.2, -0.15) is 5.10 Å². The fourth-order valence-corrected chi connectivity index (χ4v) is 4.55. The van der Waals surface area contributed by atoms with Gasteiger partial charge in [0.05, 0.1) is 32.1 Å². The SMILES string of the molecule is CCCNC(=O)N(CCN1CCOCC1)CC(=O)N1N=C(c2ccc(OC)cc2)C[C@H]1c1ccccc1. The molecule has 9 nitrogen and oxygen atoms in total. The number of benzene rings is 2. The molecule has 1 N–H and O–H groups in total. The van der Waals surface area contributed by atoms with Gasteiger partial charge in [0.15, 0.2) is 0 Å². The van der Waals surface area contributed by atoms with Crippen molar-refractivity contribution in [3.05, 3.63) is 65.7 Å². The molecule has 0 saturated carbocycles. The van der Waals surface area contributed by atoms with Crippen LogP contribution in [0.4, 0.5) is 4.79 Å². The molecule has 4 rings (SSSR count). The Morgan fingerprint density at radius 3 is 2.51 bits per heavy atom. The Labute approximate surface area is 219 Å². The summed E-state index contributed by atoms with van der Waals surface area (Å²) in [6.07, 6.45) is 1.42. The standard InChI is InChI=1S/C28H37N5O4/c1-3-13-29-28(35)32(15-14-31-16-18-37-19-17-31)21-27(34)33-26(23-7-5-4-6-8-23)20-25(30-33)22-9-11-24(36-2)12-10-22/h4-12,26H,3,13-21H2,1-2H3,(H,29,35)/t26-/m0/s1. The fourth-order valence-electron chi connectivity index (χ4n) is 4.55. The van der Waals surface area contributed by atoms with Crippen LogP contribution in [0, 0.1) is 0 Å². The van der Waals surface area contributed by atoms with Gasteiger partial charge in [-0.1, -0.05) is 37.3 Å². The van der Waals surface area contributed by atoms with Gasteiger partial charge in [-0.05, 0) is 41.8 Å². The molecular formula is C28H37N5O4. The van der Waals surface area contributed by atoms with E-state index in [1.54, 1.807) is 17.0 Å². The molecule has 0 aliphatic carbocycles. The van der Waals surface area contributed by atoms with E-state index in [0.717, 1.165) is 42.1 Å². The van der Waals surface area contributed by atoms with Crippen LogP contribution in [0.2, 0.25) is 0 Å². The van der Waals surface area contributed by atoms with E-state index < -0.39 is 0 Å². The lowest BCUT2D eigenvalue weighted by molar-refractivity contribution is -0.133. The predicted molar refractivity (Wildman–Crippen MR) is 143 cm³/mol. The third kappa shape index (κ3) is 7.08. The molecule has 198 valence electrons. The summed E-state index contributed by atoms with van der Waals surface area (Å²) in [6, 6.07) is 17.2. The Balaban J connectivity index is 1.53. The topological polar surface area (TPSA) is 86.7 Å². The normalized spacial score (nSPS) is 17.8. The molecule has 0 radical (unpaired) electrons. The minimum Gasteiger partial charge on any atom is -0.497 e. The average molecular weight is 508 g/mol. The molecule has 0 spiro atoms. The van der Waals surface area contributed by atoms with Crippen molar-refractivity contribution in [1.29, 1.82) is 0 Å². The molecule has 9 heteroatoms. The van der Waals surface area contributed by atoms with Gasteiger partial charge in [-0.15, -0.1) is 0 Å². The first-order chi connectivity index (χ1) is 18.1. The van der Waals surface area contributed by atoms with E-state index in [0.29, 0.717) is 39.3 Å². The molecule has 2 aromatic rings. The number of rotatable bonds is 10. The van der Waals surface area contributed by atoms with E-state index in [4.69, 9.17) is 14.6 Å². The van der Waals surface area contributed by atoms with E-state index in [2.05, 4.69) is 10.2 Å². The second-order valence-electron chi connectivity index (χ2n) is 9.25. The summed E-state index contributed by atoms with van der Waals surface area (Å²) in [7, 11) is 1.63. The lowest BCUT2D eigenvalue weighted by Crippen LogP contribution is -2.49. The number of amides is 3. The lowest BCUT2D eigenvalue weighted by Gasteiger charge is -2.31. The molecule has 37 heavy (non-hydrogen) atoms. The van der Waals surface area contributed by atoms with Crippen molar-refractivity contribution < 1.29 is 19.1 Å². The highest BCUT2D eigenvalue weighted by Crippen LogP contribution is 2.33. The number of urea groups is 1. The number of methoxy groups -OCH3 is 1. The third-order valence-corrected chi connectivity index (χ3v) is 6.70. The van der Waals surface area contributed by atoms with Crippen molar-refractivity contribution in [2.75, 3.05) is 59.6 Å². The van der Waals surface area contributed by atoms with Crippen molar-refractivity contribution in [2.24, 2.45) is 5.10 Å². The van der Waals surface area contributed by atoms with Gasteiger partial charge in [-0.25, -0.2) is 9.80 Å². The van der Waals surface area contributed by atoms with E-state index in [9.17, 15) is 9.59 Å². The molecule has 0 aromatic heterocycles. The summed E-state index contributed by atoms with van der Waals surface area (Å²) in [5.74, 6) is 0.565. The molecule has 3 amide bonds. The van der Waals surface area contributed by atoms with Crippen molar-refractivity contribution >= 4 is 17.6 Å². The summed E-state index contributed by atoms with van der Waals surface area (Å²) in [5.41, 5.74) is 2.79. The number of ether oxygens (including phenoxy) is 2. The maximum absolute atomic E-state index is 13.7. The van der Waals surface area contributed by atoms with Gasteiger partial charge in [-0.3, -0.25) is 9.69 Å². The van der Waals surface area contributed by atoms with Gasteiger partial charge >= 0.3 is 6.03 Å². The van der Waals surface area contributed by atoms with Gasteiger partial charge in [0.25, 0.3) is 5.91 Å². The first kappa shape index (κ1) is 26.6. The van der Waals surface area contributed by atoms with Gasteiger partial charge in [0.2, 0.25) is 0 Å². The molecule has 1 saturated heterocycles. The van der Waals surface area contributed by atoms with Gasteiger partial charge < -0.3 is 19.7 Å². The first-order valence-corrected chi connectivity index (χ1v) is 13.0. The fraction of sp³-hybridized carbons (Fsp3) is 0.464. The summed E-state index contributed by atoms with van der Waals surface area (Å²) in [4.78, 5) is 30.5. The Hall–Kier alpha value is -3.43. The van der Waals surface area contributed by atoms with Crippen LogP contribution >= 0.6 is 0 Å². The summed E-state index contributed by atoms with van der Waals surface area (Å²) in [6.45, 7) is 6.73. The minimum atomic E-state index is -0.231. The maximum Gasteiger partial charge on any atom is 0.317 e. The molecule has 1 fully saturated rings. The minimum absolute atomic E-state index is 0.0391. The Kier molecular flexibility index (Phi) is 9.51. The zero-order valence-corrected chi connectivity index (χ0v) is 21.8. The number of hydrogen-bond donors (Lipinski definition) is 1. The molecule has 1 atom stereocenters. The van der Waals surface area contributed by atoms with E-state index in [1.807, 2.05) is 61.5 Å². The summed E-state index contributed by atoms with van der Waals surface area (Å²) >= 11 is 0. The van der Waals surface area contributed by atoms with Crippen LogP contribution in [-0.2, 0) is 9.53 Å². The molecule has 2 heterocycles. The van der Waals surface area contributed by atoms with Crippen molar-refractivity contribution in [1.82, 2.24) is 20.1 Å². The number of morpholine rings is 1. The van der Waals surface area contributed by atoms with Crippen molar-refractivity contribution in [3.8, 4) is 5.75 Å². The summed E-state index contributed by atoms with van der Waals surface area (Å²) in [5, 5.41) is 9.26. The zero-order chi connectivity index (χ0) is 26.0. The maximum atomic E-state index is 13.7. The molecule has 2 aliphatic heterocycles. The van der Waals surface area contributed by atoms with Gasteiger partial charge in [0, 0.05) is 39.1 Å². The van der Waals surface area contributed by atoms with Crippen LogP contribution in [0.15, 0.2) is 59.7 Å². The average Bonchev–Trinajstić information content (AvgIpc) is 3.41. The lowest BCUT2D eigenvalue weighted by atomic mass is 9.98. The second kappa shape index (κ2) is 13.2. The smallest absolute Gasteiger partial charge is 0.317 e. The van der Waals surface area contributed by atoms with Crippen LogP contribution in [0.25, 0.3) is 0 Å². The third-order valence-electron chi connectivity index (χ3n) is 6.70. The number of hydrogen-bond acceptors (Lipinski definition) is 6. The van der Waals surface area contributed by atoms with Crippen LogP contribution in [0.1, 0.15) is 36.9 Å². The monoisotopic (exact) mass is 507 g/mol. The summed E-state index contributed by atoms with van der Waals surface area (Å²) < 4.78 is 10.7. The second-order valence-corrected chi connectivity index (χ2v) is 9.25. The van der Waals surface area contributed by atoms with E-state index in [1.165, 1.54) is 0 Å². The Bertz CT molecular complexity index is 1050. The Morgan fingerprint density at radius 1 is 1.11 bits per heavy atom. The zero-order valence-electron chi connectivity index (χ0n) is 21.8. The first-order valence-electron chi connectivity index (χ1n) is 13.0. The number of nitrogens with one attached hydrogen (secondary N) is 1. The molecular weight excluding hydrogens is 470 g/mol. The van der Waals surface area contributed by atoms with E-state index >= 15 is 0 Å². The van der Waals surface area contributed by atoms with Crippen LogP contribution in [-0.4, -0.2) is 92.1 Å². The number of carbonyl (C=O) groups excluding carboxylic acids is 2. The van der Waals surface area contributed by atoms with Crippen molar-refractivity contribution in [2.45, 2.75) is 25.8 Å². The van der Waals surface area contributed by atoms with E-state index in [-0.39, 0.29) is 24.5 Å². The van der Waals surface area contributed by atoms with Gasteiger partial charge in [0.1, 0.15) is 12.3 Å². The van der Waals surface area contributed by atoms with Crippen LogP contribution < -0.4 is 10.1 Å². The highest BCUT2D eigenvalue weighted by Gasteiger charge is 2.34. The number of nitrogens with zero attached hydrogens (tertiary/aromatic N) is 4.